The molecule has 0 saturated carbocycles. The molecule has 1 saturated heterocycles. The number of nitrogens with zero attached hydrogens (tertiary/aromatic N) is 2. The first-order valence-corrected chi connectivity index (χ1v) is 14.3. The average molecular weight is 625 g/mol. The minimum absolute atomic E-state index is 0.534. The molecule has 0 radical (unpaired) electrons. The number of halogens is 1. The third-order valence-corrected chi connectivity index (χ3v) is 6.30. The summed E-state index contributed by atoms with van der Waals surface area (Å²) in [5, 5.41) is 0. The van der Waals surface area contributed by atoms with Gasteiger partial charge in [0.25, 0.3) is 0 Å². The fraction of sp³-hybridized carbons (Fsp3) is 0.556. The van der Waals surface area contributed by atoms with Crippen LogP contribution in [0, 0.1) is 0 Å². The van der Waals surface area contributed by atoms with Gasteiger partial charge in [-0.3, -0.25) is 0 Å². The molecule has 0 bridgehead atoms. The van der Waals surface area contributed by atoms with Crippen LogP contribution in [0.5, 0.6) is 0 Å². The predicted molar refractivity (Wildman–Crippen MR) is 135 cm³/mol. The molecule has 2 nitrogen and oxygen atoms in total. The Morgan fingerprint density at radius 3 is 1.06 bits per heavy atom. The van der Waals surface area contributed by atoms with Gasteiger partial charge in [0.2, 0.25) is 0 Å². The van der Waals surface area contributed by atoms with Gasteiger partial charge in [-0.15, -0.1) is 0 Å². The summed E-state index contributed by atoms with van der Waals surface area (Å²) in [5.74, 6) is 2.14. The van der Waals surface area contributed by atoms with Crippen molar-refractivity contribution in [2.75, 3.05) is 29.6 Å². The summed E-state index contributed by atoms with van der Waals surface area (Å²) < 4.78 is 0. The average Bonchev–Trinajstić information content (AvgIpc) is 3.23. The van der Waals surface area contributed by atoms with Gasteiger partial charge in [-0.2, -0.15) is 0 Å². The molecule has 2 aromatic carbocycles. The van der Waals surface area contributed by atoms with Crippen molar-refractivity contribution in [2.24, 2.45) is 0 Å². The van der Waals surface area contributed by atoms with E-state index in [0.717, 1.165) is 19.8 Å². The van der Waals surface area contributed by atoms with Crippen LogP contribution in [0.15, 0.2) is 36.4 Å². The molecule has 31 heavy (non-hydrogen) atoms. The molecule has 1 aliphatic rings. The Morgan fingerprint density at radius 2 is 0.839 bits per heavy atom. The monoisotopic (exact) mass is 624 g/mol. The van der Waals surface area contributed by atoms with Crippen LogP contribution in [0.3, 0.4) is 0 Å². The molecule has 0 spiro atoms. The van der Waals surface area contributed by atoms with E-state index in [1.54, 1.807) is 20.0 Å². The van der Waals surface area contributed by atoms with E-state index in [9.17, 15) is 0 Å². The molecule has 2 aromatic rings. The fourth-order valence-electron chi connectivity index (χ4n) is 4.71. The van der Waals surface area contributed by atoms with Gasteiger partial charge in [0.1, 0.15) is 0 Å². The second-order valence-corrected chi connectivity index (χ2v) is 9.86. The molecule has 0 atom stereocenters. The van der Waals surface area contributed by atoms with Crippen LogP contribution in [0.2, 0.25) is 0 Å². The summed E-state index contributed by atoms with van der Waals surface area (Å²) in [5.41, 5.74) is 8.90. The normalized spacial score (nSPS) is 14.2. The van der Waals surface area contributed by atoms with Crippen molar-refractivity contribution in [3.63, 3.8) is 0 Å². The van der Waals surface area contributed by atoms with Crippen LogP contribution in [0.4, 0.5) is 11.4 Å². The maximum absolute atomic E-state index is 4.58. The summed E-state index contributed by atoms with van der Waals surface area (Å²) in [7, 11) is 4.58. The summed E-state index contributed by atoms with van der Waals surface area (Å²) in [4.78, 5) is 5.26. The van der Waals surface area contributed by atoms with E-state index in [4.69, 9.17) is 0 Å². The molecule has 0 aromatic heterocycles. The van der Waals surface area contributed by atoms with E-state index in [1.165, 1.54) is 33.6 Å². The van der Waals surface area contributed by atoms with E-state index < -0.39 is 0 Å². The van der Waals surface area contributed by atoms with E-state index in [0.29, 0.717) is 23.7 Å². The zero-order chi connectivity index (χ0) is 23.3. The van der Waals surface area contributed by atoms with Gasteiger partial charge in [0.15, 0.2) is 0 Å². The molecule has 176 valence electrons. The van der Waals surface area contributed by atoms with Crippen molar-refractivity contribution in [3.05, 3.63) is 58.7 Å². The van der Waals surface area contributed by atoms with Gasteiger partial charge in [-0.05, 0) is 45.9 Å². The molecule has 0 aliphatic carbocycles. The Hall–Kier alpha value is -0.930. The summed E-state index contributed by atoms with van der Waals surface area (Å²) >= 11 is 1.75. The quantitative estimate of drug-likeness (QED) is 0.299. The first-order valence-electron chi connectivity index (χ1n) is 11.6. The van der Waals surface area contributed by atoms with Crippen molar-refractivity contribution in [3.8, 4) is 0 Å². The SMILES string of the molecule is CC(C)c1cccc(C(C)C)c1N1CCN(c2c(C(C)C)cccc2C(C)C)C1.[Cl][Au]. The Bertz CT molecular complexity index is 723. The summed E-state index contributed by atoms with van der Waals surface area (Å²) in [6.07, 6.45) is 0. The zero-order valence-electron chi connectivity index (χ0n) is 20.5. The van der Waals surface area contributed by atoms with E-state index in [2.05, 4.69) is 111 Å². The topological polar surface area (TPSA) is 6.48 Å². The third-order valence-electron chi connectivity index (χ3n) is 6.30. The Balaban J connectivity index is 0.00000166. The van der Waals surface area contributed by atoms with Crippen LogP contribution in [-0.2, 0) is 20.0 Å². The predicted octanol–water partition coefficient (Wildman–Crippen LogP) is 8.15. The van der Waals surface area contributed by atoms with E-state index >= 15 is 0 Å². The van der Waals surface area contributed by atoms with Gasteiger partial charge in [0, 0.05) is 24.5 Å². The number of para-hydroxylation sites is 2. The molecular weight excluding hydrogens is 585 g/mol. The van der Waals surface area contributed by atoms with Gasteiger partial charge >= 0.3 is 29.2 Å². The number of anilines is 2. The van der Waals surface area contributed by atoms with Crippen molar-refractivity contribution in [1.29, 1.82) is 0 Å². The molecule has 3 rings (SSSR count). The second kappa shape index (κ2) is 11.8. The molecule has 1 heterocycles. The van der Waals surface area contributed by atoms with Gasteiger partial charge in [-0.1, -0.05) is 91.8 Å². The number of benzene rings is 2. The third kappa shape index (κ3) is 5.90. The summed E-state index contributed by atoms with van der Waals surface area (Å²) in [6.45, 7) is 21.7. The van der Waals surface area contributed by atoms with Crippen LogP contribution in [0.1, 0.15) is 101 Å². The van der Waals surface area contributed by atoms with E-state index in [-0.39, 0.29) is 0 Å². The Kier molecular flexibility index (Phi) is 10.0. The van der Waals surface area contributed by atoms with Crippen LogP contribution in [0.25, 0.3) is 0 Å². The van der Waals surface area contributed by atoms with Crippen LogP contribution >= 0.6 is 9.19 Å². The molecule has 1 aliphatic heterocycles. The molecule has 1 fully saturated rings. The van der Waals surface area contributed by atoms with Gasteiger partial charge in [-0.25, -0.2) is 0 Å². The van der Waals surface area contributed by atoms with Crippen molar-refractivity contribution in [1.82, 2.24) is 0 Å². The number of rotatable bonds is 6. The van der Waals surface area contributed by atoms with Gasteiger partial charge in [0.05, 0.1) is 6.67 Å². The first kappa shape index (κ1) is 26.3. The van der Waals surface area contributed by atoms with Crippen molar-refractivity contribution >= 4 is 20.6 Å². The summed E-state index contributed by atoms with van der Waals surface area (Å²) in [6, 6.07) is 13.8. The maximum atomic E-state index is 4.58. The molecule has 4 heteroatoms. The Morgan fingerprint density at radius 1 is 0.581 bits per heavy atom. The standard InChI is InChI=1S/C27H40N2.Au.ClH/c1-18(2)22-11-9-12-23(19(3)4)26(22)28-15-16-29(17-28)27-24(20(5)6)13-10-14-25(27)21(7)8;;/h9-14,18-21H,15-17H2,1-8H3;;1H/q;+1;/p-1. The Labute approximate surface area is 207 Å². The molecule has 0 unspecified atom stereocenters. The second-order valence-electron chi connectivity index (χ2n) is 9.86. The van der Waals surface area contributed by atoms with Crippen molar-refractivity contribution < 1.29 is 20.0 Å². The molecule has 0 N–H and O–H groups in total. The number of hydrogen-bond donors (Lipinski definition) is 0. The fourth-order valence-corrected chi connectivity index (χ4v) is 4.71. The molecule has 0 amide bonds. The molecular formula is C27H40AuClN2. The number of hydrogen-bond acceptors (Lipinski definition) is 2. The van der Waals surface area contributed by atoms with Crippen molar-refractivity contribution in [2.45, 2.75) is 79.1 Å². The van der Waals surface area contributed by atoms with Crippen LogP contribution < -0.4 is 9.80 Å². The first-order chi connectivity index (χ1) is 14.7. The van der Waals surface area contributed by atoms with Crippen LogP contribution in [-0.4, -0.2) is 19.8 Å². The zero-order valence-corrected chi connectivity index (χ0v) is 23.4. The van der Waals surface area contributed by atoms with Gasteiger partial charge < -0.3 is 9.80 Å². The van der Waals surface area contributed by atoms with E-state index in [1.807, 2.05) is 0 Å². The minimum atomic E-state index is 0.534.